The average molecular weight is 242 g/mol. The predicted molar refractivity (Wildman–Crippen MR) is 67.5 cm³/mol. The van der Waals surface area contributed by atoms with Crippen molar-refractivity contribution in [1.82, 2.24) is 0 Å². The Balaban J connectivity index is 2.86. The summed E-state index contributed by atoms with van der Waals surface area (Å²) in [5.41, 5.74) is -1.29. The SMILES string of the molecule is CCOC(=O)C(O)(CC)C1CC(C)CCC1C. The molecule has 0 radical (unpaired) electrons. The Bertz CT molecular complexity index is 264. The zero-order valence-corrected chi connectivity index (χ0v) is 11.5. The van der Waals surface area contributed by atoms with E-state index < -0.39 is 11.6 Å². The molecule has 100 valence electrons. The van der Waals surface area contributed by atoms with Crippen LogP contribution < -0.4 is 0 Å². The minimum atomic E-state index is -1.29. The minimum absolute atomic E-state index is 0.0373. The van der Waals surface area contributed by atoms with E-state index in [-0.39, 0.29) is 5.92 Å². The molecule has 3 nitrogen and oxygen atoms in total. The van der Waals surface area contributed by atoms with Gasteiger partial charge in [0.15, 0.2) is 5.60 Å². The molecular formula is C14H26O3. The van der Waals surface area contributed by atoms with Crippen LogP contribution >= 0.6 is 0 Å². The van der Waals surface area contributed by atoms with Crippen LogP contribution in [-0.2, 0) is 9.53 Å². The van der Waals surface area contributed by atoms with Gasteiger partial charge in [-0.1, -0.05) is 33.6 Å². The lowest BCUT2D eigenvalue weighted by molar-refractivity contribution is -0.177. The summed E-state index contributed by atoms with van der Waals surface area (Å²) in [6.07, 6.45) is 3.64. The molecule has 4 unspecified atom stereocenters. The first-order chi connectivity index (χ1) is 7.95. The lowest BCUT2D eigenvalue weighted by atomic mass is 9.67. The second-order valence-electron chi connectivity index (χ2n) is 5.50. The van der Waals surface area contributed by atoms with Gasteiger partial charge in [0, 0.05) is 5.92 Å². The van der Waals surface area contributed by atoms with E-state index in [1.54, 1.807) is 6.92 Å². The Hall–Kier alpha value is -0.570. The number of hydrogen-bond donors (Lipinski definition) is 1. The highest BCUT2D eigenvalue weighted by Crippen LogP contribution is 2.41. The normalized spacial score (nSPS) is 32.9. The minimum Gasteiger partial charge on any atom is -0.464 e. The summed E-state index contributed by atoms with van der Waals surface area (Å²) in [5, 5.41) is 10.7. The topological polar surface area (TPSA) is 46.5 Å². The fraction of sp³-hybridized carbons (Fsp3) is 0.929. The summed E-state index contributed by atoms with van der Waals surface area (Å²) in [4.78, 5) is 12.0. The molecule has 1 aliphatic carbocycles. The first-order valence-corrected chi connectivity index (χ1v) is 6.85. The van der Waals surface area contributed by atoms with Crippen molar-refractivity contribution in [3.63, 3.8) is 0 Å². The lowest BCUT2D eigenvalue weighted by Crippen LogP contribution is -2.50. The summed E-state index contributed by atoms with van der Waals surface area (Å²) in [5.74, 6) is 0.577. The summed E-state index contributed by atoms with van der Waals surface area (Å²) >= 11 is 0. The molecule has 1 N–H and O–H groups in total. The monoisotopic (exact) mass is 242 g/mol. The van der Waals surface area contributed by atoms with Gasteiger partial charge in [-0.2, -0.15) is 0 Å². The van der Waals surface area contributed by atoms with E-state index in [0.717, 1.165) is 12.8 Å². The summed E-state index contributed by atoms with van der Waals surface area (Å²) in [6, 6.07) is 0. The number of ether oxygens (including phenoxy) is 1. The van der Waals surface area contributed by atoms with Crippen LogP contribution in [0.5, 0.6) is 0 Å². The fourth-order valence-electron chi connectivity index (χ4n) is 3.01. The maximum absolute atomic E-state index is 12.0. The van der Waals surface area contributed by atoms with Gasteiger partial charge in [0.1, 0.15) is 0 Å². The highest BCUT2D eigenvalue weighted by molar-refractivity contribution is 5.79. The zero-order chi connectivity index (χ0) is 13.1. The van der Waals surface area contributed by atoms with E-state index in [9.17, 15) is 9.90 Å². The largest absolute Gasteiger partial charge is 0.464 e. The highest BCUT2D eigenvalue weighted by Gasteiger charge is 2.47. The first-order valence-electron chi connectivity index (χ1n) is 6.85. The molecule has 4 atom stereocenters. The van der Waals surface area contributed by atoms with Crippen LogP contribution in [0.1, 0.15) is 53.4 Å². The molecule has 0 amide bonds. The van der Waals surface area contributed by atoms with E-state index in [2.05, 4.69) is 13.8 Å². The Kier molecular flexibility index (Phi) is 4.99. The van der Waals surface area contributed by atoms with Gasteiger partial charge < -0.3 is 9.84 Å². The summed E-state index contributed by atoms with van der Waals surface area (Å²) < 4.78 is 5.05. The Morgan fingerprint density at radius 2 is 2.00 bits per heavy atom. The number of carbonyl (C=O) groups excluding carboxylic acids is 1. The summed E-state index contributed by atoms with van der Waals surface area (Å²) in [7, 11) is 0. The van der Waals surface area contributed by atoms with Crippen molar-refractivity contribution in [2.45, 2.75) is 59.0 Å². The third-order valence-electron chi connectivity index (χ3n) is 4.24. The van der Waals surface area contributed by atoms with Gasteiger partial charge in [-0.25, -0.2) is 4.79 Å². The van der Waals surface area contributed by atoms with Crippen LogP contribution in [0.15, 0.2) is 0 Å². The molecule has 17 heavy (non-hydrogen) atoms. The van der Waals surface area contributed by atoms with E-state index in [0.29, 0.717) is 24.9 Å². The number of rotatable bonds is 4. The van der Waals surface area contributed by atoms with Crippen molar-refractivity contribution in [2.24, 2.45) is 17.8 Å². The molecule has 0 aromatic heterocycles. The molecule has 1 saturated carbocycles. The van der Waals surface area contributed by atoms with E-state index in [1.807, 2.05) is 6.92 Å². The molecular weight excluding hydrogens is 216 g/mol. The maximum atomic E-state index is 12.0. The molecule has 0 aromatic rings. The van der Waals surface area contributed by atoms with Gasteiger partial charge in [0.2, 0.25) is 0 Å². The van der Waals surface area contributed by atoms with E-state index in [1.165, 1.54) is 6.42 Å². The number of aliphatic hydroxyl groups is 1. The second-order valence-corrected chi connectivity index (χ2v) is 5.50. The standard InChI is InChI=1S/C14H26O3/c1-5-14(16,13(15)17-6-2)12-9-10(3)7-8-11(12)4/h10-12,16H,5-9H2,1-4H3. The van der Waals surface area contributed by atoms with Crippen molar-refractivity contribution < 1.29 is 14.6 Å². The van der Waals surface area contributed by atoms with E-state index >= 15 is 0 Å². The number of hydrogen-bond acceptors (Lipinski definition) is 3. The van der Waals surface area contributed by atoms with Crippen LogP contribution in [-0.4, -0.2) is 23.3 Å². The van der Waals surface area contributed by atoms with Crippen LogP contribution in [0, 0.1) is 17.8 Å². The van der Waals surface area contributed by atoms with Crippen LogP contribution in [0.4, 0.5) is 0 Å². The van der Waals surface area contributed by atoms with Crippen molar-refractivity contribution >= 4 is 5.97 Å². The van der Waals surface area contributed by atoms with Gasteiger partial charge in [-0.3, -0.25) is 0 Å². The Morgan fingerprint density at radius 1 is 1.35 bits per heavy atom. The molecule has 0 aromatic carbocycles. The van der Waals surface area contributed by atoms with Crippen molar-refractivity contribution in [1.29, 1.82) is 0 Å². The quantitative estimate of drug-likeness (QED) is 0.771. The molecule has 0 heterocycles. The van der Waals surface area contributed by atoms with Crippen molar-refractivity contribution in [3.8, 4) is 0 Å². The molecule has 1 rings (SSSR count). The molecule has 1 aliphatic rings. The molecule has 0 bridgehead atoms. The molecule has 1 fully saturated rings. The number of esters is 1. The van der Waals surface area contributed by atoms with Gasteiger partial charge in [0.05, 0.1) is 6.61 Å². The highest BCUT2D eigenvalue weighted by atomic mass is 16.5. The van der Waals surface area contributed by atoms with Crippen LogP contribution in [0.3, 0.4) is 0 Å². The third kappa shape index (κ3) is 3.01. The molecule has 0 aliphatic heterocycles. The molecule has 0 spiro atoms. The molecule has 3 heteroatoms. The van der Waals surface area contributed by atoms with Crippen molar-refractivity contribution in [3.05, 3.63) is 0 Å². The Labute approximate surface area is 105 Å². The van der Waals surface area contributed by atoms with Crippen LogP contribution in [0.25, 0.3) is 0 Å². The maximum Gasteiger partial charge on any atom is 0.338 e. The zero-order valence-electron chi connectivity index (χ0n) is 11.5. The fourth-order valence-corrected chi connectivity index (χ4v) is 3.01. The van der Waals surface area contributed by atoms with E-state index in [4.69, 9.17) is 4.74 Å². The lowest BCUT2D eigenvalue weighted by Gasteiger charge is -2.41. The third-order valence-corrected chi connectivity index (χ3v) is 4.24. The van der Waals surface area contributed by atoms with Gasteiger partial charge >= 0.3 is 5.97 Å². The smallest absolute Gasteiger partial charge is 0.338 e. The number of carbonyl (C=O) groups is 1. The predicted octanol–water partition coefficient (Wildman–Crippen LogP) is 2.76. The van der Waals surface area contributed by atoms with Gasteiger partial charge in [-0.05, 0) is 31.6 Å². The Morgan fingerprint density at radius 3 is 2.53 bits per heavy atom. The van der Waals surface area contributed by atoms with Gasteiger partial charge in [0.25, 0.3) is 0 Å². The first kappa shape index (κ1) is 14.5. The van der Waals surface area contributed by atoms with Crippen molar-refractivity contribution in [2.75, 3.05) is 6.61 Å². The second kappa shape index (κ2) is 5.85. The van der Waals surface area contributed by atoms with Crippen LogP contribution in [0.2, 0.25) is 0 Å². The van der Waals surface area contributed by atoms with Gasteiger partial charge in [-0.15, -0.1) is 0 Å². The molecule has 0 saturated heterocycles. The average Bonchev–Trinajstić information content (AvgIpc) is 2.31. The summed E-state index contributed by atoms with van der Waals surface area (Å²) in [6.45, 7) is 8.30.